The molecule has 1 aromatic heterocycles. The minimum atomic E-state index is -0.489. The first-order valence-corrected chi connectivity index (χ1v) is 7.42. The summed E-state index contributed by atoms with van der Waals surface area (Å²) in [7, 11) is 1.55. The molecule has 2 N–H and O–H groups in total. The Labute approximate surface area is 136 Å². The summed E-state index contributed by atoms with van der Waals surface area (Å²) in [4.78, 5) is 20.5. The Hall–Kier alpha value is -2.15. The predicted octanol–water partition coefficient (Wildman–Crippen LogP) is 2.98. The largest absolute Gasteiger partial charge is 0.496 e. The lowest BCUT2D eigenvalue weighted by Gasteiger charge is -2.14. The summed E-state index contributed by atoms with van der Waals surface area (Å²) in [6, 6.07) is 5.43. The summed E-state index contributed by atoms with van der Waals surface area (Å²) in [5.74, 6) is 0.172. The molecule has 2 aromatic rings. The van der Waals surface area contributed by atoms with Crippen molar-refractivity contribution in [2.24, 2.45) is 0 Å². The van der Waals surface area contributed by atoms with E-state index in [1.165, 1.54) is 0 Å². The number of anilines is 1. The minimum Gasteiger partial charge on any atom is -0.496 e. The smallest absolute Gasteiger partial charge is 0.342 e. The number of aromatic nitrogens is 2. The van der Waals surface area contributed by atoms with Gasteiger partial charge in [0.05, 0.1) is 25.1 Å². The molecule has 0 amide bonds. The highest BCUT2D eigenvalue weighted by Gasteiger charge is 2.22. The van der Waals surface area contributed by atoms with Crippen LogP contribution in [0.3, 0.4) is 0 Å². The minimum absolute atomic E-state index is 0.0857. The standard InChI is InChI=1S/C15H16BrN3O3/c1-4-22-14(20)12-8(2)18-15(17)19-13(12)10-7-9(16)5-6-11(10)21-3/h5-7H,4H2,1-3H3,(H2,17,18,19). The molecule has 0 aliphatic heterocycles. The number of esters is 1. The van der Waals surface area contributed by atoms with Crippen LogP contribution in [0.1, 0.15) is 23.0 Å². The van der Waals surface area contributed by atoms with E-state index in [1.54, 1.807) is 27.0 Å². The number of rotatable bonds is 4. The van der Waals surface area contributed by atoms with Crippen LogP contribution in [-0.4, -0.2) is 29.7 Å². The molecule has 0 spiro atoms. The van der Waals surface area contributed by atoms with Crippen molar-refractivity contribution in [3.05, 3.63) is 33.9 Å². The second kappa shape index (κ2) is 6.74. The van der Waals surface area contributed by atoms with Crippen LogP contribution in [0.4, 0.5) is 5.95 Å². The van der Waals surface area contributed by atoms with Crippen molar-refractivity contribution in [1.29, 1.82) is 0 Å². The van der Waals surface area contributed by atoms with Gasteiger partial charge in [0, 0.05) is 10.0 Å². The molecule has 0 saturated carbocycles. The molecule has 0 aliphatic rings. The first-order valence-electron chi connectivity index (χ1n) is 6.63. The number of carbonyl (C=O) groups is 1. The Bertz CT molecular complexity index is 719. The molecule has 7 heteroatoms. The van der Waals surface area contributed by atoms with Crippen LogP contribution < -0.4 is 10.5 Å². The van der Waals surface area contributed by atoms with Gasteiger partial charge in [0.1, 0.15) is 11.3 Å². The summed E-state index contributed by atoms with van der Waals surface area (Å²) < 4.78 is 11.3. The molecule has 22 heavy (non-hydrogen) atoms. The number of carbonyl (C=O) groups excluding carboxylic acids is 1. The van der Waals surface area contributed by atoms with Gasteiger partial charge in [-0.15, -0.1) is 0 Å². The van der Waals surface area contributed by atoms with Gasteiger partial charge >= 0.3 is 5.97 Å². The van der Waals surface area contributed by atoms with Gasteiger partial charge in [-0.05, 0) is 32.0 Å². The molecule has 0 unspecified atom stereocenters. The number of halogens is 1. The van der Waals surface area contributed by atoms with Gasteiger partial charge in [-0.2, -0.15) is 0 Å². The lowest BCUT2D eigenvalue weighted by atomic mass is 10.0. The summed E-state index contributed by atoms with van der Waals surface area (Å²) >= 11 is 3.41. The Kier molecular flexibility index (Phi) is 4.97. The van der Waals surface area contributed by atoms with Gasteiger partial charge in [0.25, 0.3) is 0 Å². The summed E-state index contributed by atoms with van der Waals surface area (Å²) in [6.45, 7) is 3.70. The van der Waals surface area contributed by atoms with Gasteiger partial charge < -0.3 is 15.2 Å². The van der Waals surface area contributed by atoms with Crippen LogP contribution in [0, 0.1) is 6.92 Å². The van der Waals surface area contributed by atoms with Crippen molar-refractivity contribution < 1.29 is 14.3 Å². The first kappa shape index (κ1) is 16.2. The third-order valence-electron chi connectivity index (χ3n) is 3.00. The maximum absolute atomic E-state index is 12.3. The average molecular weight is 366 g/mol. The SMILES string of the molecule is CCOC(=O)c1c(C)nc(N)nc1-c1cc(Br)ccc1OC. The monoisotopic (exact) mass is 365 g/mol. The third-order valence-corrected chi connectivity index (χ3v) is 3.50. The second-order valence-electron chi connectivity index (χ2n) is 4.46. The molecule has 0 saturated heterocycles. The van der Waals surface area contributed by atoms with Crippen molar-refractivity contribution >= 4 is 27.8 Å². The third kappa shape index (κ3) is 3.19. The number of nitrogen functional groups attached to an aromatic ring is 1. The quantitative estimate of drug-likeness (QED) is 0.837. The van der Waals surface area contributed by atoms with E-state index < -0.39 is 5.97 Å². The van der Waals surface area contributed by atoms with E-state index >= 15 is 0 Å². The van der Waals surface area contributed by atoms with E-state index in [0.717, 1.165) is 4.47 Å². The van der Waals surface area contributed by atoms with Crippen molar-refractivity contribution in [3.8, 4) is 17.0 Å². The fourth-order valence-corrected chi connectivity index (χ4v) is 2.46. The van der Waals surface area contributed by atoms with Gasteiger partial charge in [-0.25, -0.2) is 14.8 Å². The molecule has 1 heterocycles. The van der Waals surface area contributed by atoms with E-state index in [9.17, 15) is 4.79 Å². The summed E-state index contributed by atoms with van der Waals surface area (Å²) in [5, 5.41) is 0. The predicted molar refractivity (Wildman–Crippen MR) is 86.8 cm³/mol. The van der Waals surface area contributed by atoms with E-state index in [1.807, 2.05) is 12.1 Å². The molecule has 0 radical (unpaired) electrons. The maximum atomic E-state index is 12.3. The van der Waals surface area contributed by atoms with Crippen molar-refractivity contribution in [2.45, 2.75) is 13.8 Å². The number of hydrogen-bond acceptors (Lipinski definition) is 6. The lowest BCUT2D eigenvalue weighted by Crippen LogP contribution is -2.13. The van der Waals surface area contributed by atoms with Crippen molar-refractivity contribution in [3.63, 3.8) is 0 Å². The van der Waals surface area contributed by atoms with E-state index in [0.29, 0.717) is 22.7 Å². The van der Waals surface area contributed by atoms with Crippen molar-refractivity contribution in [1.82, 2.24) is 9.97 Å². The van der Waals surface area contributed by atoms with Gasteiger partial charge in [-0.1, -0.05) is 15.9 Å². The molecular formula is C15H16BrN3O3. The number of aryl methyl sites for hydroxylation is 1. The van der Waals surface area contributed by atoms with Crippen LogP contribution in [0.15, 0.2) is 22.7 Å². The number of hydrogen-bond donors (Lipinski definition) is 1. The Morgan fingerprint density at radius 3 is 2.73 bits per heavy atom. The van der Waals surface area contributed by atoms with E-state index in [4.69, 9.17) is 15.2 Å². The topological polar surface area (TPSA) is 87.3 Å². The molecule has 0 fully saturated rings. The molecule has 6 nitrogen and oxygen atoms in total. The van der Waals surface area contributed by atoms with E-state index in [2.05, 4.69) is 25.9 Å². The van der Waals surface area contributed by atoms with Crippen molar-refractivity contribution in [2.75, 3.05) is 19.5 Å². The zero-order chi connectivity index (χ0) is 16.3. The summed E-state index contributed by atoms with van der Waals surface area (Å²) in [6.07, 6.45) is 0. The normalized spacial score (nSPS) is 10.4. The molecule has 0 bridgehead atoms. The highest BCUT2D eigenvalue weighted by molar-refractivity contribution is 9.10. The number of benzene rings is 1. The van der Waals surface area contributed by atoms with Gasteiger partial charge in [-0.3, -0.25) is 0 Å². The second-order valence-corrected chi connectivity index (χ2v) is 5.37. The molecule has 0 aliphatic carbocycles. The Morgan fingerprint density at radius 2 is 2.09 bits per heavy atom. The van der Waals surface area contributed by atoms with Crippen LogP contribution >= 0.6 is 15.9 Å². The zero-order valence-electron chi connectivity index (χ0n) is 12.5. The number of ether oxygens (including phenoxy) is 2. The molecular weight excluding hydrogens is 350 g/mol. The average Bonchev–Trinajstić information content (AvgIpc) is 2.46. The van der Waals surface area contributed by atoms with Gasteiger partial charge in [0.15, 0.2) is 0 Å². The Balaban J connectivity index is 2.74. The summed E-state index contributed by atoms with van der Waals surface area (Å²) in [5.41, 5.74) is 7.51. The maximum Gasteiger partial charge on any atom is 0.342 e. The number of methoxy groups -OCH3 is 1. The molecule has 0 atom stereocenters. The van der Waals surface area contributed by atoms with Crippen LogP contribution in [0.5, 0.6) is 5.75 Å². The zero-order valence-corrected chi connectivity index (χ0v) is 14.1. The Morgan fingerprint density at radius 1 is 1.36 bits per heavy atom. The van der Waals surface area contributed by atoms with Crippen LogP contribution in [-0.2, 0) is 4.74 Å². The lowest BCUT2D eigenvalue weighted by molar-refractivity contribution is 0.0525. The van der Waals surface area contributed by atoms with E-state index in [-0.39, 0.29) is 18.1 Å². The fourth-order valence-electron chi connectivity index (χ4n) is 2.10. The van der Waals surface area contributed by atoms with Crippen LogP contribution in [0.25, 0.3) is 11.3 Å². The number of nitrogens with zero attached hydrogens (tertiary/aromatic N) is 2. The van der Waals surface area contributed by atoms with Gasteiger partial charge in [0.2, 0.25) is 5.95 Å². The molecule has 2 rings (SSSR count). The van der Waals surface area contributed by atoms with Crippen LogP contribution in [0.2, 0.25) is 0 Å². The number of nitrogens with two attached hydrogens (primary N) is 1. The molecule has 116 valence electrons. The first-order chi connectivity index (χ1) is 10.5. The fraction of sp³-hybridized carbons (Fsp3) is 0.267. The highest BCUT2D eigenvalue weighted by atomic mass is 79.9. The molecule has 1 aromatic carbocycles. The highest BCUT2D eigenvalue weighted by Crippen LogP contribution is 2.34.